The number of carbonyl (C=O) groups is 1. The summed E-state index contributed by atoms with van der Waals surface area (Å²) in [5.41, 5.74) is 0.870. The van der Waals surface area contributed by atoms with Crippen LogP contribution in [0.2, 0.25) is 10.0 Å². The number of hydrogen-bond donors (Lipinski definition) is 1. The second-order valence-electron chi connectivity index (χ2n) is 6.53. The fourth-order valence-corrected chi connectivity index (χ4v) is 4.19. The predicted octanol–water partition coefficient (Wildman–Crippen LogP) is 6.25. The largest absolute Gasteiger partial charge is 0.320 e. The van der Waals surface area contributed by atoms with Crippen LogP contribution in [0.3, 0.4) is 0 Å². The molecule has 0 aliphatic carbocycles. The van der Waals surface area contributed by atoms with Crippen LogP contribution in [0.4, 0.5) is 14.5 Å². The summed E-state index contributed by atoms with van der Waals surface area (Å²) in [6.45, 7) is 0. The smallest absolute Gasteiger partial charge is 0.235 e. The zero-order valence-corrected chi connectivity index (χ0v) is 18.6. The predicted molar refractivity (Wildman–Crippen MR) is 123 cm³/mol. The molecule has 0 aliphatic rings. The average molecular weight is 491 g/mol. The molecule has 10 heteroatoms. The summed E-state index contributed by atoms with van der Waals surface area (Å²) in [5.74, 6) is -1.98. The molecule has 0 atom stereocenters. The second kappa shape index (κ2) is 9.68. The van der Waals surface area contributed by atoms with Crippen molar-refractivity contribution in [2.24, 2.45) is 0 Å². The maximum absolute atomic E-state index is 13.8. The van der Waals surface area contributed by atoms with Gasteiger partial charge in [0.05, 0.1) is 10.8 Å². The number of anilines is 1. The Kier molecular flexibility index (Phi) is 6.74. The molecule has 32 heavy (non-hydrogen) atoms. The van der Waals surface area contributed by atoms with Gasteiger partial charge >= 0.3 is 0 Å². The van der Waals surface area contributed by atoms with Gasteiger partial charge in [-0.15, -0.1) is 10.2 Å². The van der Waals surface area contributed by atoms with E-state index in [1.165, 1.54) is 6.07 Å². The monoisotopic (exact) mass is 490 g/mol. The van der Waals surface area contributed by atoms with Crippen molar-refractivity contribution >= 4 is 46.6 Å². The van der Waals surface area contributed by atoms with Crippen LogP contribution in [-0.4, -0.2) is 26.4 Å². The van der Waals surface area contributed by atoms with Gasteiger partial charge in [-0.2, -0.15) is 0 Å². The maximum atomic E-state index is 13.8. The Morgan fingerprint density at radius 1 is 0.969 bits per heavy atom. The Hall–Kier alpha value is -2.94. The number of nitrogens with zero attached hydrogens (tertiary/aromatic N) is 3. The second-order valence-corrected chi connectivity index (χ2v) is 8.32. The molecule has 1 heterocycles. The van der Waals surface area contributed by atoms with Gasteiger partial charge in [0.1, 0.15) is 17.3 Å². The highest BCUT2D eigenvalue weighted by molar-refractivity contribution is 7.99. The van der Waals surface area contributed by atoms with Gasteiger partial charge in [-0.3, -0.25) is 9.36 Å². The molecule has 0 aliphatic heterocycles. The zero-order chi connectivity index (χ0) is 22.7. The first kappa shape index (κ1) is 22.3. The van der Waals surface area contributed by atoms with Crippen molar-refractivity contribution in [3.63, 3.8) is 0 Å². The van der Waals surface area contributed by atoms with Crippen LogP contribution in [0.1, 0.15) is 0 Å². The van der Waals surface area contributed by atoms with Crippen molar-refractivity contribution in [1.82, 2.24) is 14.8 Å². The first-order valence-corrected chi connectivity index (χ1v) is 11.0. The number of nitrogens with one attached hydrogen (secondary N) is 1. The van der Waals surface area contributed by atoms with E-state index in [0.29, 0.717) is 26.6 Å². The lowest BCUT2D eigenvalue weighted by Gasteiger charge is -2.11. The molecule has 1 amide bonds. The van der Waals surface area contributed by atoms with Crippen LogP contribution >= 0.6 is 35.0 Å². The topological polar surface area (TPSA) is 59.8 Å². The van der Waals surface area contributed by atoms with Crippen LogP contribution in [0.15, 0.2) is 71.9 Å². The van der Waals surface area contributed by atoms with Crippen LogP contribution in [0.25, 0.3) is 17.1 Å². The van der Waals surface area contributed by atoms with E-state index < -0.39 is 23.2 Å². The summed E-state index contributed by atoms with van der Waals surface area (Å²) in [6, 6.07) is 17.7. The average Bonchev–Trinajstić information content (AvgIpc) is 3.19. The van der Waals surface area contributed by atoms with Gasteiger partial charge in [-0.05, 0) is 42.5 Å². The maximum Gasteiger partial charge on any atom is 0.235 e. The summed E-state index contributed by atoms with van der Waals surface area (Å²) < 4.78 is 29.4. The molecular formula is C22H14Cl2F2N4OS. The van der Waals surface area contributed by atoms with Gasteiger partial charge in [0.2, 0.25) is 5.91 Å². The Labute approximate surface area is 196 Å². The number of aromatic nitrogens is 3. The molecule has 1 aromatic heterocycles. The summed E-state index contributed by atoms with van der Waals surface area (Å²) in [5, 5.41) is 12.0. The molecule has 4 aromatic rings. The van der Waals surface area contributed by atoms with E-state index in [4.69, 9.17) is 23.2 Å². The van der Waals surface area contributed by atoms with Crippen molar-refractivity contribution in [3.8, 4) is 17.1 Å². The van der Waals surface area contributed by atoms with Crippen LogP contribution < -0.4 is 5.32 Å². The lowest BCUT2D eigenvalue weighted by Crippen LogP contribution is -2.16. The third kappa shape index (κ3) is 4.77. The van der Waals surface area contributed by atoms with Crippen molar-refractivity contribution in [2.75, 3.05) is 11.1 Å². The van der Waals surface area contributed by atoms with Gasteiger partial charge in [-0.1, -0.05) is 59.2 Å². The highest BCUT2D eigenvalue weighted by Gasteiger charge is 2.20. The number of rotatable bonds is 6. The van der Waals surface area contributed by atoms with Crippen LogP contribution in [-0.2, 0) is 4.79 Å². The van der Waals surface area contributed by atoms with E-state index in [9.17, 15) is 13.6 Å². The van der Waals surface area contributed by atoms with Crippen LogP contribution in [0, 0.1) is 11.6 Å². The molecule has 0 saturated carbocycles. The normalized spacial score (nSPS) is 10.9. The van der Waals surface area contributed by atoms with Crippen molar-refractivity contribution < 1.29 is 13.6 Å². The lowest BCUT2D eigenvalue weighted by molar-refractivity contribution is -0.113. The summed E-state index contributed by atoms with van der Waals surface area (Å²) in [7, 11) is 0. The molecule has 0 radical (unpaired) electrons. The van der Waals surface area contributed by atoms with Gasteiger partial charge in [0.15, 0.2) is 11.0 Å². The zero-order valence-electron chi connectivity index (χ0n) is 16.2. The number of carbonyl (C=O) groups excluding carboxylic acids is 1. The fourth-order valence-electron chi connectivity index (χ4n) is 2.94. The number of amides is 1. The standard InChI is InChI=1S/C22H14Cl2F2N4OS/c23-13-9-10-15(16(24)11-13)21-28-29-22(30(21)14-5-2-1-3-6-14)32-12-19(31)27-20-17(25)7-4-8-18(20)26/h1-11H,12H2,(H,27,31). The summed E-state index contributed by atoms with van der Waals surface area (Å²) >= 11 is 13.5. The molecule has 162 valence electrons. The molecule has 0 bridgehead atoms. The van der Waals surface area contributed by atoms with E-state index in [1.807, 2.05) is 30.3 Å². The van der Waals surface area contributed by atoms with Gasteiger partial charge in [0, 0.05) is 16.3 Å². The number of halogens is 4. The fraction of sp³-hybridized carbons (Fsp3) is 0.0455. The Balaban J connectivity index is 1.63. The molecule has 4 rings (SSSR count). The SMILES string of the molecule is O=C(CSc1nnc(-c2ccc(Cl)cc2Cl)n1-c1ccccc1)Nc1c(F)cccc1F. The molecule has 0 spiro atoms. The van der Waals surface area contributed by atoms with Gasteiger partial charge in [-0.25, -0.2) is 8.78 Å². The first-order chi connectivity index (χ1) is 15.4. The van der Waals surface area contributed by atoms with E-state index in [0.717, 1.165) is 29.6 Å². The number of benzene rings is 3. The van der Waals surface area contributed by atoms with E-state index in [1.54, 1.807) is 22.8 Å². The van der Waals surface area contributed by atoms with E-state index in [-0.39, 0.29) is 5.75 Å². The Morgan fingerprint density at radius 2 is 1.69 bits per heavy atom. The lowest BCUT2D eigenvalue weighted by atomic mass is 10.2. The van der Waals surface area contributed by atoms with Crippen molar-refractivity contribution in [2.45, 2.75) is 5.16 Å². The molecule has 1 N–H and O–H groups in total. The number of para-hydroxylation sites is 2. The van der Waals surface area contributed by atoms with Crippen molar-refractivity contribution in [1.29, 1.82) is 0 Å². The molecule has 3 aromatic carbocycles. The van der Waals surface area contributed by atoms with Crippen molar-refractivity contribution in [3.05, 3.63) is 88.4 Å². The number of hydrogen-bond acceptors (Lipinski definition) is 4. The Morgan fingerprint density at radius 3 is 2.38 bits per heavy atom. The summed E-state index contributed by atoms with van der Waals surface area (Å²) in [4.78, 5) is 12.3. The highest BCUT2D eigenvalue weighted by Crippen LogP contribution is 2.33. The van der Waals surface area contributed by atoms with Crippen LogP contribution in [0.5, 0.6) is 0 Å². The molecule has 0 fully saturated rings. The van der Waals surface area contributed by atoms with E-state index >= 15 is 0 Å². The van der Waals surface area contributed by atoms with E-state index in [2.05, 4.69) is 15.5 Å². The molecular weight excluding hydrogens is 477 g/mol. The quantitative estimate of drug-likeness (QED) is 0.324. The molecule has 5 nitrogen and oxygen atoms in total. The number of thioether (sulfide) groups is 1. The molecule has 0 unspecified atom stereocenters. The van der Waals surface area contributed by atoms with Gasteiger partial charge < -0.3 is 5.32 Å². The Bertz CT molecular complexity index is 1260. The summed E-state index contributed by atoms with van der Waals surface area (Å²) in [6.07, 6.45) is 0. The first-order valence-electron chi connectivity index (χ1n) is 9.27. The third-order valence-electron chi connectivity index (χ3n) is 4.38. The minimum atomic E-state index is -0.851. The minimum absolute atomic E-state index is 0.146. The highest BCUT2D eigenvalue weighted by atomic mass is 35.5. The van der Waals surface area contributed by atoms with Gasteiger partial charge in [0.25, 0.3) is 0 Å². The third-order valence-corrected chi connectivity index (χ3v) is 5.86. The minimum Gasteiger partial charge on any atom is -0.320 e. The molecule has 0 saturated heterocycles.